The molecule has 0 aliphatic carbocycles. The average Bonchev–Trinajstić information content (AvgIpc) is 3.14. The van der Waals surface area contributed by atoms with Crippen LogP contribution in [-0.4, -0.2) is 46.8 Å². The summed E-state index contributed by atoms with van der Waals surface area (Å²) in [5.41, 5.74) is 0.974. The Morgan fingerprint density at radius 3 is 2.47 bits per heavy atom. The van der Waals surface area contributed by atoms with Gasteiger partial charge in [0.1, 0.15) is 12.4 Å². The molecule has 1 unspecified atom stereocenters. The van der Waals surface area contributed by atoms with Crippen LogP contribution in [0.1, 0.15) is 78.1 Å². The van der Waals surface area contributed by atoms with Crippen molar-refractivity contribution in [2.75, 3.05) is 18.6 Å². The van der Waals surface area contributed by atoms with Crippen LogP contribution < -0.4 is 15.0 Å². The monoisotopic (exact) mass is 700 g/mol. The zero-order valence-corrected chi connectivity index (χ0v) is 28.1. The van der Waals surface area contributed by atoms with E-state index in [2.05, 4.69) is 20.3 Å². The number of methoxy groups -OCH3 is 1. The Labute approximate surface area is 292 Å². The molecule has 2 aromatic heterocycles. The van der Waals surface area contributed by atoms with Gasteiger partial charge < -0.3 is 14.2 Å². The van der Waals surface area contributed by atoms with E-state index in [1.165, 1.54) is 42.6 Å². The molecule has 1 aliphatic heterocycles. The Balaban J connectivity index is 1.51. The molecule has 0 bridgehead atoms. The van der Waals surface area contributed by atoms with Crippen LogP contribution in [0.2, 0.25) is 0 Å². The van der Waals surface area contributed by atoms with Crippen molar-refractivity contribution in [3.8, 4) is 11.9 Å². The second kappa shape index (κ2) is 16.3. The van der Waals surface area contributed by atoms with Gasteiger partial charge in [0.25, 0.3) is 0 Å². The maximum absolute atomic E-state index is 14.0. The van der Waals surface area contributed by atoms with Crippen LogP contribution in [-0.2, 0) is 27.1 Å². The van der Waals surface area contributed by atoms with E-state index >= 15 is 0 Å². The van der Waals surface area contributed by atoms with Crippen LogP contribution in [0.4, 0.5) is 23.7 Å². The molecule has 2 aromatic carbocycles. The summed E-state index contributed by atoms with van der Waals surface area (Å²) in [5.74, 6) is -0.236. The minimum atomic E-state index is -4.74. The molecule has 14 heteroatoms. The minimum absolute atomic E-state index is 0.0828. The highest BCUT2D eigenvalue weighted by Crippen LogP contribution is 2.41. The molecule has 0 saturated heterocycles. The fourth-order valence-electron chi connectivity index (χ4n) is 5.74. The fourth-order valence-corrected chi connectivity index (χ4v) is 5.74. The number of amides is 1. The highest BCUT2D eigenvalue weighted by molar-refractivity contribution is 5.90. The number of nitrogens with zero attached hydrogens (tertiary/aromatic N) is 5. The number of hydrogen-bond acceptors (Lipinski definition) is 10. The Morgan fingerprint density at radius 1 is 1.08 bits per heavy atom. The summed E-state index contributed by atoms with van der Waals surface area (Å²) in [7, 11) is 1.44. The number of halogens is 3. The third kappa shape index (κ3) is 8.87. The second-order valence-corrected chi connectivity index (χ2v) is 11.5. The number of esters is 1. The lowest BCUT2D eigenvalue weighted by molar-refractivity contribution is -0.139. The van der Waals surface area contributed by atoms with E-state index in [4.69, 9.17) is 14.2 Å². The summed E-state index contributed by atoms with van der Waals surface area (Å²) in [6.45, 7) is 3.86. The average molecular weight is 701 g/mol. The predicted octanol–water partition coefficient (Wildman–Crippen LogP) is 7.09. The number of benzene rings is 2. The van der Waals surface area contributed by atoms with Crippen LogP contribution in [0.5, 0.6) is 5.88 Å². The van der Waals surface area contributed by atoms with Crippen LogP contribution in [0.25, 0.3) is 6.08 Å². The summed E-state index contributed by atoms with van der Waals surface area (Å²) >= 11 is 0. The number of hydrogen-bond donors (Lipinski definition) is 1. The van der Waals surface area contributed by atoms with Gasteiger partial charge in [0.15, 0.2) is 0 Å². The van der Waals surface area contributed by atoms with Gasteiger partial charge in [0.2, 0.25) is 5.88 Å². The topological polar surface area (TPSA) is 140 Å². The molecular weight excluding hydrogens is 665 g/mol. The number of rotatable bonds is 11. The quantitative estimate of drug-likeness (QED) is 0.127. The summed E-state index contributed by atoms with van der Waals surface area (Å²) in [6.07, 6.45) is 1.06. The number of pyridine rings is 1. The SMILES string of the molecule is CCOC(=O)N1c2ccc(OC)nc2[C@@H](NC(c2cc(C#N)cc(C(F)(F)F)c2)c2ncc(C=CC(=O)OCc3ccccc3)cn2)C[C@H]1CC. The van der Waals surface area contributed by atoms with E-state index in [1.807, 2.05) is 43.3 Å². The number of alkyl halides is 3. The van der Waals surface area contributed by atoms with Gasteiger partial charge in [0, 0.05) is 36.1 Å². The van der Waals surface area contributed by atoms with Crippen molar-refractivity contribution in [2.45, 2.75) is 57.6 Å². The second-order valence-electron chi connectivity index (χ2n) is 11.5. The van der Waals surface area contributed by atoms with Gasteiger partial charge in [-0.05, 0) is 61.2 Å². The highest BCUT2D eigenvalue weighted by atomic mass is 19.4. The van der Waals surface area contributed by atoms with Crippen LogP contribution in [0.3, 0.4) is 0 Å². The number of carbonyl (C=O) groups excluding carboxylic acids is 2. The molecule has 3 heterocycles. The molecule has 1 N–H and O–H groups in total. The third-order valence-electron chi connectivity index (χ3n) is 8.18. The predicted molar refractivity (Wildman–Crippen MR) is 180 cm³/mol. The van der Waals surface area contributed by atoms with Crippen molar-refractivity contribution in [3.05, 3.63) is 118 Å². The summed E-state index contributed by atoms with van der Waals surface area (Å²) in [4.78, 5) is 40.5. The zero-order chi connectivity index (χ0) is 36.5. The number of nitriles is 1. The van der Waals surface area contributed by atoms with Crippen molar-refractivity contribution in [2.24, 2.45) is 0 Å². The first-order valence-electron chi connectivity index (χ1n) is 16.1. The number of fused-ring (bicyclic) bond motifs is 1. The van der Waals surface area contributed by atoms with Crippen molar-refractivity contribution >= 4 is 23.8 Å². The normalized spacial score (nSPS) is 16.2. The first-order chi connectivity index (χ1) is 24.5. The van der Waals surface area contributed by atoms with Crippen molar-refractivity contribution in [1.29, 1.82) is 5.26 Å². The van der Waals surface area contributed by atoms with Crippen molar-refractivity contribution in [3.63, 3.8) is 0 Å². The Morgan fingerprint density at radius 2 is 1.82 bits per heavy atom. The van der Waals surface area contributed by atoms with Gasteiger partial charge in [-0.15, -0.1) is 0 Å². The first-order valence-corrected chi connectivity index (χ1v) is 16.1. The molecule has 1 aliphatic rings. The van der Waals surface area contributed by atoms with Crippen LogP contribution in [0, 0.1) is 11.3 Å². The van der Waals surface area contributed by atoms with Gasteiger partial charge in [-0.25, -0.2) is 24.5 Å². The van der Waals surface area contributed by atoms with Crippen molar-refractivity contribution < 1.29 is 37.0 Å². The Bertz CT molecular complexity index is 1910. The van der Waals surface area contributed by atoms with Crippen LogP contribution >= 0.6 is 0 Å². The zero-order valence-electron chi connectivity index (χ0n) is 28.1. The lowest BCUT2D eigenvalue weighted by Gasteiger charge is -2.40. The molecule has 11 nitrogen and oxygen atoms in total. The van der Waals surface area contributed by atoms with E-state index in [9.17, 15) is 28.0 Å². The van der Waals surface area contributed by atoms with Gasteiger partial charge in [0.05, 0.1) is 54.4 Å². The molecule has 0 radical (unpaired) electrons. The third-order valence-corrected chi connectivity index (χ3v) is 8.18. The maximum atomic E-state index is 14.0. The van der Waals surface area contributed by atoms with Gasteiger partial charge in [-0.3, -0.25) is 10.2 Å². The number of aromatic nitrogens is 3. The molecule has 0 spiro atoms. The molecule has 0 saturated carbocycles. The molecule has 1 amide bonds. The molecule has 0 fully saturated rings. The number of nitrogens with one attached hydrogen (secondary N) is 1. The number of ether oxygens (including phenoxy) is 3. The van der Waals surface area contributed by atoms with Crippen molar-refractivity contribution in [1.82, 2.24) is 20.3 Å². The number of carbonyl (C=O) groups is 2. The molecule has 264 valence electrons. The Kier molecular flexibility index (Phi) is 11.6. The fraction of sp³-hybridized carbons (Fsp3) is 0.297. The standard InChI is InChI=1S/C37H35F3N6O5/c1-4-28-18-29(34-30(12-13-31(45-34)49-3)46(28)36(48)50-5-2)44-33(26-15-25(19-41)16-27(17-26)37(38,39)40)35-42-20-24(21-43-35)11-14-32(47)51-22-23-9-7-6-8-10-23/h6-17,20-21,28-29,33,44H,4-5,18,22H2,1-3H3/t28-,29+,33?/m1/s1. The van der Waals surface area contributed by atoms with E-state index in [1.54, 1.807) is 19.1 Å². The largest absolute Gasteiger partial charge is 0.481 e. The lowest BCUT2D eigenvalue weighted by atomic mass is 9.91. The first kappa shape index (κ1) is 36.5. The number of anilines is 1. The molecule has 51 heavy (non-hydrogen) atoms. The van der Waals surface area contributed by atoms with Gasteiger partial charge in [-0.2, -0.15) is 18.4 Å². The maximum Gasteiger partial charge on any atom is 0.416 e. The molecule has 4 aromatic rings. The summed E-state index contributed by atoms with van der Waals surface area (Å²) < 4.78 is 58.1. The summed E-state index contributed by atoms with van der Waals surface area (Å²) in [5, 5.41) is 13.1. The van der Waals surface area contributed by atoms with E-state index < -0.39 is 35.9 Å². The highest BCUT2D eigenvalue weighted by Gasteiger charge is 2.39. The van der Waals surface area contributed by atoms with Crippen LogP contribution in [0.15, 0.2) is 79.1 Å². The molecule has 5 rings (SSSR count). The Hall–Kier alpha value is -5.81. The van der Waals surface area contributed by atoms with E-state index in [0.29, 0.717) is 29.8 Å². The lowest BCUT2D eigenvalue weighted by Crippen LogP contribution is -2.48. The summed E-state index contributed by atoms with van der Waals surface area (Å²) in [6, 6.07) is 15.3. The minimum Gasteiger partial charge on any atom is -0.481 e. The molecular formula is C37H35F3N6O5. The molecule has 3 atom stereocenters. The van der Waals surface area contributed by atoms with E-state index in [-0.39, 0.29) is 42.1 Å². The smallest absolute Gasteiger partial charge is 0.416 e. The van der Waals surface area contributed by atoms with Gasteiger partial charge in [-0.1, -0.05) is 37.3 Å². The van der Waals surface area contributed by atoms with Gasteiger partial charge >= 0.3 is 18.2 Å². The van der Waals surface area contributed by atoms with E-state index in [0.717, 1.165) is 17.7 Å².